The Morgan fingerprint density at radius 2 is 1.94 bits per heavy atom. The summed E-state index contributed by atoms with van der Waals surface area (Å²) in [4.78, 5) is 28.9. The van der Waals surface area contributed by atoms with Crippen LogP contribution in [0.1, 0.15) is 25.2 Å². The Labute approximate surface area is 196 Å². The average Bonchev–Trinajstić information content (AvgIpc) is 2.73. The molecule has 0 aliphatic rings. The van der Waals surface area contributed by atoms with Crippen LogP contribution in [0, 0.1) is 0 Å². The Bertz CT molecular complexity index is 1200. The van der Waals surface area contributed by atoms with Gasteiger partial charge in [0.1, 0.15) is 5.82 Å². The molecule has 0 aliphatic heterocycles. The van der Waals surface area contributed by atoms with Crippen LogP contribution in [0.5, 0.6) is 5.75 Å². The number of nitrogens with zero attached hydrogens (tertiary/aromatic N) is 3. The van der Waals surface area contributed by atoms with E-state index in [1.165, 1.54) is 10.9 Å². The van der Waals surface area contributed by atoms with Crippen molar-refractivity contribution in [2.75, 3.05) is 13.2 Å². The summed E-state index contributed by atoms with van der Waals surface area (Å²) in [6.07, 6.45) is 1.97. The van der Waals surface area contributed by atoms with Gasteiger partial charge in [-0.2, -0.15) is 9.78 Å². The van der Waals surface area contributed by atoms with Gasteiger partial charge in [-0.15, -0.1) is 0 Å². The second-order valence-corrected chi connectivity index (χ2v) is 8.04. The highest BCUT2D eigenvalue weighted by Gasteiger charge is 2.13. The van der Waals surface area contributed by atoms with E-state index in [0.29, 0.717) is 28.7 Å². The lowest BCUT2D eigenvalue weighted by Gasteiger charge is -2.10. The Kier molecular flexibility index (Phi) is 7.69. The molecule has 1 heterocycles. The van der Waals surface area contributed by atoms with Crippen molar-refractivity contribution >= 4 is 62.2 Å². The molecule has 1 aromatic heterocycles. The van der Waals surface area contributed by atoms with Gasteiger partial charge >= 0.3 is 5.97 Å². The average molecular weight is 527 g/mol. The molecule has 0 saturated heterocycles. The van der Waals surface area contributed by atoms with Crippen LogP contribution in [-0.4, -0.2) is 35.1 Å². The number of esters is 1. The second kappa shape index (κ2) is 10.3. The molecule has 10 heteroatoms. The van der Waals surface area contributed by atoms with Crippen molar-refractivity contribution in [3.8, 4) is 5.75 Å². The maximum atomic E-state index is 12.9. The molecule has 0 unspecified atom stereocenters. The van der Waals surface area contributed by atoms with Crippen LogP contribution in [-0.2, 0) is 16.0 Å². The summed E-state index contributed by atoms with van der Waals surface area (Å²) < 4.78 is 12.2. The van der Waals surface area contributed by atoms with Crippen LogP contribution in [0.3, 0.4) is 0 Å². The molecular formula is C21H18BrCl2N3O4. The number of rotatable bonds is 7. The molecule has 2 aromatic carbocycles. The molecule has 31 heavy (non-hydrogen) atoms. The summed E-state index contributed by atoms with van der Waals surface area (Å²) in [7, 11) is 0. The first-order valence-corrected chi connectivity index (χ1v) is 10.9. The minimum atomic E-state index is -0.526. The Balaban J connectivity index is 1.93. The van der Waals surface area contributed by atoms with E-state index >= 15 is 0 Å². The number of carbonyl (C=O) groups is 1. The number of hydrogen-bond acceptors (Lipinski definition) is 6. The van der Waals surface area contributed by atoms with Crippen LogP contribution in [0.4, 0.5) is 0 Å². The van der Waals surface area contributed by atoms with Gasteiger partial charge in [-0.3, -0.25) is 4.79 Å². The molecule has 0 bridgehead atoms. The number of ether oxygens (including phenoxy) is 2. The van der Waals surface area contributed by atoms with Gasteiger partial charge in [0.15, 0.2) is 12.4 Å². The van der Waals surface area contributed by atoms with Gasteiger partial charge in [-0.1, -0.05) is 46.1 Å². The minimum Gasteiger partial charge on any atom is -0.479 e. The van der Waals surface area contributed by atoms with Gasteiger partial charge in [0.2, 0.25) is 0 Å². The number of aryl methyl sites for hydroxylation is 1. The van der Waals surface area contributed by atoms with E-state index < -0.39 is 5.97 Å². The van der Waals surface area contributed by atoms with Gasteiger partial charge in [-0.05, 0) is 42.8 Å². The lowest BCUT2D eigenvalue weighted by atomic mass is 10.2. The lowest BCUT2D eigenvalue weighted by molar-refractivity contribution is -0.145. The van der Waals surface area contributed by atoms with E-state index in [9.17, 15) is 9.59 Å². The topological polar surface area (TPSA) is 82.8 Å². The zero-order valence-electron chi connectivity index (χ0n) is 16.7. The monoisotopic (exact) mass is 525 g/mol. The summed E-state index contributed by atoms with van der Waals surface area (Å²) in [5.41, 5.74) is 0.860. The molecule has 7 nitrogen and oxygen atoms in total. The third-order valence-corrected chi connectivity index (χ3v) is 5.23. The molecule has 0 saturated carbocycles. The molecule has 0 aliphatic carbocycles. The van der Waals surface area contributed by atoms with Crippen molar-refractivity contribution in [2.45, 2.75) is 20.3 Å². The smallest absolute Gasteiger partial charge is 0.344 e. The summed E-state index contributed by atoms with van der Waals surface area (Å²) in [5.74, 6) is 0.155. The zero-order valence-corrected chi connectivity index (χ0v) is 19.8. The maximum Gasteiger partial charge on any atom is 0.344 e. The fourth-order valence-corrected chi connectivity index (χ4v) is 3.77. The predicted molar refractivity (Wildman–Crippen MR) is 125 cm³/mol. The molecule has 0 amide bonds. The van der Waals surface area contributed by atoms with Crippen LogP contribution in [0.2, 0.25) is 10.0 Å². The fourth-order valence-electron chi connectivity index (χ4n) is 2.79. The number of carbonyl (C=O) groups excluding carboxylic acids is 1. The highest BCUT2D eigenvalue weighted by Crippen LogP contribution is 2.33. The van der Waals surface area contributed by atoms with Gasteiger partial charge in [0.25, 0.3) is 5.56 Å². The van der Waals surface area contributed by atoms with E-state index in [2.05, 4.69) is 26.0 Å². The molecule has 0 atom stereocenters. The number of benzene rings is 2. The molecule has 3 aromatic rings. The molecular weight excluding hydrogens is 509 g/mol. The van der Waals surface area contributed by atoms with Gasteiger partial charge in [0.05, 0.1) is 33.8 Å². The third kappa shape index (κ3) is 5.44. The van der Waals surface area contributed by atoms with Gasteiger partial charge in [0, 0.05) is 10.9 Å². The Morgan fingerprint density at radius 3 is 2.58 bits per heavy atom. The van der Waals surface area contributed by atoms with E-state index in [4.69, 9.17) is 32.7 Å². The largest absolute Gasteiger partial charge is 0.479 e. The van der Waals surface area contributed by atoms with E-state index in [1.54, 1.807) is 31.2 Å². The summed E-state index contributed by atoms with van der Waals surface area (Å²) in [5, 5.41) is 5.15. The summed E-state index contributed by atoms with van der Waals surface area (Å²) in [6, 6.07) is 8.46. The first-order chi connectivity index (χ1) is 14.8. The maximum absolute atomic E-state index is 12.9. The second-order valence-electron chi connectivity index (χ2n) is 6.31. The number of hydrogen-bond donors (Lipinski definition) is 0. The van der Waals surface area contributed by atoms with Crippen LogP contribution in [0.25, 0.3) is 10.9 Å². The third-order valence-electron chi connectivity index (χ3n) is 4.17. The summed E-state index contributed by atoms with van der Waals surface area (Å²) in [6.45, 7) is 3.53. The van der Waals surface area contributed by atoms with Gasteiger partial charge in [-0.25, -0.2) is 9.78 Å². The Morgan fingerprint density at radius 1 is 1.23 bits per heavy atom. The normalized spacial score (nSPS) is 11.3. The zero-order chi connectivity index (χ0) is 22.5. The van der Waals surface area contributed by atoms with E-state index in [1.807, 2.05) is 13.0 Å². The van der Waals surface area contributed by atoms with Gasteiger partial charge < -0.3 is 9.47 Å². The van der Waals surface area contributed by atoms with Crippen LogP contribution in [0.15, 0.2) is 44.7 Å². The predicted octanol–water partition coefficient (Wildman–Crippen LogP) is 4.85. The van der Waals surface area contributed by atoms with Crippen LogP contribution >= 0.6 is 39.1 Å². The highest BCUT2D eigenvalue weighted by atomic mass is 79.9. The summed E-state index contributed by atoms with van der Waals surface area (Å²) >= 11 is 15.9. The van der Waals surface area contributed by atoms with Crippen molar-refractivity contribution in [3.05, 3.63) is 66.6 Å². The molecule has 0 fully saturated rings. The number of halogens is 3. The number of aromatic nitrogens is 2. The minimum absolute atomic E-state index is 0.164. The van der Waals surface area contributed by atoms with E-state index in [-0.39, 0.29) is 34.6 Å². The molecule has 0 spiro atoms. The van der Waals surface area contributed by atoms with Crippen LogP contribution < -0.4 is 10.3 Å². The molecule has 162 valence electrons. The van der Waals surface area contributed by atoms with Crippen molar-refractivity contribution < 1.29 is 14.3 Å². The standard InChI is InChI=1S/C21H18BrCl2N3O4/c1-3-18-26-17-6-5-13(22)9-14(17)21(29)27(18)25-10-12-7-15(23)20(16(24)8-12)31-11-19(28)30-4-2/h5-10H,3-4,11H2,1-2H3. The Hall–Kier alpha value is -2.42. The molecule has 3 rings (SSSR count). The first kappa shape index (κ1) is 23.2. The van der Waals surface area contributed by atoms with Crippen molar-refractivity contribution in [2.24, 2.45) is 5.10 Å². The highest BCUT2D eigenvalue weighted by molar-refractivity contribution is 9.10. The molecule has 0 radical (unpaired) electrons. The van der Waals surface area contributed by atoms with Crippen molar-refractivity contribution in [1.29, 1.82) is 0 Å². The fraction of sp³-hybridized carbons (Fsp3) is 0.238. The SMILES string of the molecule is CCOC(=O)COc1c(Cl)cc(C=Nn2c(CC)nc3ccc(Br)cc3c2=O)cc1Cl. The lowest BCUT2D eigenvalue weighted by Crippen LogP contribution is -2.22. The molecule has 0 N–H and O–H groups in total. The quantitative estimate of drug-likeness (QED) is 0.324. The van der Waals surface area contributed by atoms with E-state index in [0.717, 1.165) is 4.47 Å². The first-order valence-electron chi connectivity index (χ1n) is 9.37. The van der Waals surface area contributed by atoms with Crippen molar-refractivity contribution in [3.63, 3.8) is 0 Å². The van der Waals surface area contributed by atoms with Crippen molar-refractivity contribution in [1.82, 2.24) is 9.66 Å². The number of fused-ring (bicyclic) bond motifs is 1.